The highest BCUT2D eigenvalue weighted by Gasteiger charge is 1.98. The third kappa shape index (κ3) is 2.53. The van der Waals surface area contributed by atoms with Crippen molar-refractivity contribution in [2.45, 2.75) is 6.42 Å². The molecule has 0 saturated heterocycles. The Balaban J connectivity index is 2.11. The lowest BCUT2D eigenvalue weighted by molar-refractivity contribution is 0.414. The first-order chi connectivity index (χ1) is 7.38. The number of aromatic nitrogens is 2. The van der Waals surface area contributed by atoms with Crippen molar-refractivity contribution in [1.29, 1.82) is 0 Å². The molecule has 1 aromatic heterocycles. The van der Waals surface area contributed by atoms with Gasteiger partial charge in [0.2, 0.25) is 0 Å². The SMILES string of the molecule is COc1ccc(Cc2ncccn2)cc1. The summed E-state index contributed by atoms with van der Waals surface area (Å²) in [7, 11) is 1.66. The summed E-state index contributed by atoms with van der Waals surface area (Å²) in [6, 6.07) is 9.75. The molecule has 2 rings (SSSR count). The lowest BCUT2D eigenvalue weighted by atomic mass is 10.1. The Kier molecular flexibility index (Phi) is 2.93. The highest BCUT2D eigenvalue weighted by atomic mass is 16.5. The molecule has 1 heterocycles. The van der Waals surface area contributed by atoms with Crippen LogP contribution in [0.15, 0.2) is 42.7 Å². The normalized spacial score (nSPS) is 9.93. The highest BCUT2D eigenvalue weighted by molar-refractivity contribution is 5.28. The zero-order valence-electron chi connectivity index (χ0n) is 8.55. The highest BCUT2D eigenvalue weighted by Crippen LogP contribution is 2.12. The van der Waals surface area contributed by atoms with Crippen molar-refractivity contribution in [3.05, 3.63) is 54.1 Å². The molecule has 3 nitrogen and oxygen atoms in total. The Morgan fingerprint density at radius 1 is 1.07 bits per heavy atom. The number of hydrogen-bond donors (Lipinski definition) is 0. The molecule has 0 aliphatic rings. The van der Waals surface area contributed by atoms with Gasteiger partial charge in [-0.2, -0.15) is 0 Å². The summed E-state index contributed by atoms with van der Waals surface area (Å²) in [6.07, 6.45) is 4.27. The molecule has 0 spiro atoms. The number of methoxy groups -OCH3 is 1. The summed E-state index contributed by atoms with van der Waals surface area (Å²) >= 11 is 0. The van der Waals surface area contributed by atoms with Crippen molar-refractivity contribution in [3.63, 3.8) is 0 Å². The molecule has 0 aliphatic heterocycles. The van der Waals surface area contributed by atoms with Gasteiger partial charge in [-0.3, -0.25) is 0 Å². The maximum absolute atomic E-state index is 5.09. The van der Waals surface area contributed by atoms with Crippen LogP contribution in [0.4, 0.5) is 0 Å². The van der Waals surface area contributed by atoms with Gasteiger partial charge < -0.3 is 4.74 Å². The summed E-state index contributed by atoms with van der Waals surface area (Å²) in [5, 5.41) is 0. The quantitative estimate of drug-likeness (QED) is 0.760. The van der Waals surface area contributed by atoms with E-state index >= 15 is 0 Å². The summed E-state index contributed by atoms with van der Waals surface area (Å²) in [4.78, 5) is 8.35. The van der Waals surface area contributed by atoms with Crippen LogP contribution in [0.3, 0.4) is 0 Å². The Morgan fingerprint density at radius 3 is 2.33 bits per heavy atom. The van der Waals surface area contributed by atoms with E-state index in [1.54, 1.807) is 19.5 Å². The van der Waals surface area contributed by atoms with Gasteiger partial charge in [-0.05, 0) is 23.8 Å². The molecule has 0 N–H and O–H groups in total. The molecule has 0 saturated carbocycles. The van der Waals surface area contributed by atoms with Crippen LogP contribution in [0, 0.1) is 0 Å². The number of nitrogens with zero attached hydrogens (tertiary/aromatic N) is 2. The van der Waals surface area contributed by atoms with E-state index in [1.165, 1.54) is 5.56 Å². The van der Waals surface area contributed by atoms with Crippen LogP contribution in [0.5, 0.6) is 5.75 Å². The monoisotopic (exact) mass is 200 g/mol. The average Bonchev–Trinajstić information content (AvgIpc) is 2.31. The van der Waals surface area contributed by atoms with Gasteiger partial charge in [0.1, 0.15) is 11.6 Å². The van der Waals surface area contributed by atoms with E-state index in [4.69, 9.17) is 4.74 Å². The summed E-state index contributed by atoms with van der Waals surface area (Å²) < 4.78 is 5.09. The predicted molar refractivity (Wildman–Crippen MR) is 57.8 cm³/mol. The first-order valence-corrected chi connectivity index (χ1v) is 4.77. The summed E-state index contributed by atoms with van der Waals surface area (Å²) in [5.74, 6) is 1.70. The summed E-state index contributed by atoms with van der Waals surface area (Å²) in [6.45, 7) is 0. The molecule has 0 unspecified atom stereocenters. The number of benzene rings is 1. The maximum atomic E-state index is 5.09. The second-order valence-corrected chi connectivity index (χ2v) is 3.19. The van der Waals surface area contributed by atoms with Crippen LogP contribution in [-0.2, 0) is 6.42 Å². The van der Waals surface area contributed by atoms with Crippen molar-refractivity contribution >= 4 is 0 Å². The van der Waals surface area contributed by atoms with Gasteiger partial charge in [-0.25, -0.2) is 9.97 Å². The van der Waals surface area contributed by atoms with E-state index in [1.807, 2.05) is 30.3 Å². The van der Waals surface area contributed by atoms with E-state index in [0.29, 0.717) is 0 Å². The zero-order chi connectivity index (χ0) is 10.5. The fourth-order valence-electron chi connectivity index (χ4n) is 1.35. The van der Waals surface area contributed by atoms with Crippen LogP contribution in [0.1, 0.15) is 11.4 Å². The fraction of sp³-hybridized carbons (Fsp3) is 0.167. The molecular weight excluding hydrogens is 188 g/mol. The molecule has 0 atom stereocenters. The Hall–Kier alpha value is -1.90. The Morgan fingerprint density at radius 2 is 1.73 bits per heavy atom. The lowest BCUT2D eigenvalue weighted by Crippen LogP contribution is -1.94. The maximum Gasteiger partial charge on any atom is 0.132 e. The molecule has 15 heavy (non-hydrogen) atoms. The van der Waals surface area contributed by atoms with E-state index in [9.17, 15) is 0 Å². The minimum Gasteiger partial charge on any atom is -0.497 e. The first kappa shape index (κ1) is 9.65. The third-order valence-electron chi connectivity index (χ3n) is 2.14. The predicted octanol–water partition coefficient (Wildman–Crippen LogP) is 2.08. The molecule has 76 valence electrons. The van der Waals surface area contributed by atoms with Crippen LogP contribution < -0.4 is 4.74 Å². The molecule has 2 aromatic rings. The largest absolute Gasteiger partial charge is 0.497 e. The minimum atomic E-state index is 0.755. The molecule has 3 heteroatoms. The standard InChI is InChI=1S/C12H12N2O/c1-15-11-5-3-10(4-6-11)9-12-13-7-2-8-14-12/h2-8H,9H2,1H3. The van der Waals surface area contributed by atoms with Crippen molar-refractivity contribution < 1.29 is 4.74 Å². The van der Waals surface area contributed by atoms with Gasteiger partial charge in [0.15, 0.2) is 0 Å². The fourth-order valence-corrected chi connectivity index (χ4v) is 1.35. The molecule has 0 aliphatic carbocycles. The van der Waals surface area contributed by atoms with Crippen molar-refractivity contribution in [2.24, 2.45) is 0 Å². The molecule has 0 fully saturated rings. The van der Waals surface area contributed by atoms with E-state index < -0.39 is 0 Å². The zero-order valence-corrected chi connectivity index (χ0v) is 8.55. The van der Waals surface area contributed by atoms with Crippen molar-refractivity contribution in [2.75, 3.05) is 7.11 Å². The number of rotatable bonds is 3. The molecule has 0 amide bonds. The second-order valence-electron chi connectivity index (χ2n) is 3.19. The van der Waals surface area contributed by atoms with Gasteiger partial charge >= 0.3 is 0 Å². The Bertz CT molecular complexity index is 411. The van der Waals surface area contributed by atoms with E-state index in [2.05, 4.69) is 9.97 Å². The van der Waals surface area contributed by atoms with Gasteiger partial charge in [-0.15, -0.1) is 0 Å². The lowest BCUT2D eigenvalue weighted by Gasteiger charge is -2.02. The molecular formula is C12H12N2O. The third-order valence-corrected chi connectivity index (χ3v) is 2.14. The topological polar surface area (TPSA) is 35.0 Å². The first-order valence-electron chi connectivity index (χ1n) is 4.77. The Labute approximate surface area is 88.8 Å². The van der Waals surface area contributed by atoms with Gasteiger partial charge in [-0.1, -0.05) is 12.1 Å². The van der Waals surface area contributed by atoms with E-state index in [0.717, 1.165) is 18.0 Å². The molecule has 1 aromatic carbocycles. The molecule has 0 bridgehead atoms. The van der Waals surface area contributed by atoms with E-state index in [-0.39, 0.29) is 0 Å². The van der Waals surface area contributed by atoms with Gasteiger partial charge in [0.25, 0.3) is 0 Å². The van der Waals surface area contributed by atoms with Crippen LogP contribution in [0.2, 0.25) is 0 Å². The van der Waals surface area contributed by atoms with Crippen LogP contribution >= 0.6 is 0 Å². The summed E-state index contributed by atoms with van der Waals surface area (Å²) in [5.41, 5.74) is 1.18. The average molecular weight is 200 g/mol. The van der Waals surface area contributed by atoms with Gasteiger partial charge in [0, 0.05) is 18.8 Å². The molecule has 0 radical (unpaired) electrons. The van der Waals surface area contributed by atoms with Crippen molar-refractivity contribution in [1.82, 2.24) is 9.97 Å². The van der Waals surface area contributed by atoms with Crippen LogP contribution in [0.25, 0.3) is 0 Å². The number of ether oxygens (including phenoxy) is 1. The second kappa shape index (κ2) is 4.55. The van der Waals surface area contributed by atoms with Crippen LogP contribution in [-0.4, -0.2) is 17.1 Å². The van der Waals surface area contributed by atoms with Crippen molar-refractivity contribution in [3.8, 4) is 5.75 Å². The minimum absolute atomic E-state index is 0.755. The number of hydrogen-bond acceptors (Lipinski definition) is 3. The van der Waals surface area contributed by atoms with Gasteiger partial charge in [0.05, 0.1) is 7.11 Å². The smallest absolute Gasteiger partial charge is 0.132 e.